The van der Waals surface area contributed by atoms with E-state index in [1.807, 2.05) is 12.1 Å². The van der Waals surface area contributed by atoms with E-state index in [9.17, 15) is 19.8 Å². The topological polar surface area (TPSA) is 90.7 Å². The second-order valence-electron chi connectivity index (χ2n) is 4.59. The normalized spacial score (nSPS) is 24.6. The zero-order valence-electron chi connectivity index (χ0n) is 10.8. The van der Waals surface area contributed by atoms with Crippen LogP contribution in [0.3, 0.4) is 0 Å². The summed E-state index contributed by atoms with van der Waals surface area (Å²) in [7, 11) is 0. The van der Waals surface area contributed by atoms with Crippen molar-refractivity contribution in [1.29, 1.82) is 0 Å². The van der Waals surface area contributed by atoms with Gasteiger partial charge < -0.3 is 10.2 Å². The SMILES string of the molecule is O=C(O)C1=C(CSc2cccnc2)CS[C@H]2[C@H](O)C(=O)N12. The molecule has 2 aliphatic heterocycles. The van der Waals surface area contributed by atoms with E-state index in [0.29, 0.717) is 17.1 Å². The Labute approximate surface area is 129 Å². The molecule has 21 heavy (non-hydrogen) atoms. The van der Waals surface area contributed by atoms with Gasteiger partial charge in [-0.2, -0.15) is 0 Å². The summed E-state index contributed by atoms with van der Waals surface area (Å²) in [6, 6.07) is 3.71. The van der Waals surface area contributed by atoms with E-state index in [4.69, 9.17) is 0 Å². The molecule has 0 spiro atoms. The lowest BCUT2D eigenvalue weighted by Crippen LogP contribution is -2.64. The second kappa shape index (κ2) is 5.70. The van der Waals surface area contributed by atoms with Crippen molar-refractivity contribution >= 4 is 35.4 Å². The third kappa shape index (κ3) is 2.54. The van der Waals surface area contributed by atoms with Crippen molar-refractivity contribution in [3.63, 3.8) is 0 Å². The van der Waals surface area contributed by atoms with Crippen LogP contribution >= 0.6 is 23.5 Å². The largest absolute Gasteiger partial charge is 0.477 e. The molecular weight excluding hydrogens is 312 g/mol. The van der Waals surface area contributed by atoms with Gasteiger partial charge in [-0.15, -0.1) is 23.5 Å². The summed E-state index contributed by atoms with van der Waals surface area (Å²) in [5.41, 5.74) is 0.711. The number of fused-ring (bicyclic) bond motifs is 1. The molecule has 6 nitrogen and oxygen atoms in total. The fourth-order valence-corrected chi connectivity index (χ4v) is 4.53. The Balaban J connectivity index is 1.81. The highest BCUT2D eigenvalue weighted by Gasteiger charge is 2.52. The van der Waals surface area contributed by atoms with Crippen molar-refractivity contribution in [3.05, 3.63) is 35.8 Å². The number of carboxylic acid groups (broad SMARTS) is 1. The van der Waals surface area contributed by atoms with Gasteiger partial charge in [-0.25, -0.2) is 4.79 Å². The average Bonchev–Trinajstić information content (AvgIpc) is 2.52. The molecule has 2 N–H and O–H groups in total. The molecule has 110 valence electrons. The number of aliphatic hydroxyl groups is 1. The monoisotopic (exact) mass is 324 g/mol. The van der Waals surface area contributed by atoms with E-state index in [1.54, 1.807) is 12.4 Å². The summed E-state index contributed by atoms with van der Waals surface area (Å²) in [4.78, 5) is 29.3. The van der Waals surface area contributed by atoms with Crippen LogP contribution in [0.15, 0.2) is 40.7 Å². The number of hydrogen-bond donors (Lipinski definition) is 2. The molecule has 1 fully saturated rings. The lowest BCUT2D eigenvalue weighted by atomic mass is 10.1. The zero-order valence-corrected chi connectivity index (χ0v) is 12.4. The number of aliphatic carboxylic acids is 1. The molecule has 1 aromatic heterocycles. The first-order valence-electron chi connectivity index (χ1n) is 6.20. The van der Waals surface area contributed by atoms with Gasteiger partial charge >= 0.3 is 5.97 Å². The van der Waals surface area contributed by atoms with Crippen LogP contribution in [0.25, 0.3) is 0 Å². The lowest BCUT2D eigenvalue weighted by molar-refractivity contribution is -0.159. The van der Waals surface area contributed by atoms with Gasteiger partial charge in [0.15, 0.2) is 6.10 Å². The quantitative estimate of drug-likeness (QED) is 0.625. The van der Waals surface area contributed by atoms with Crippen LogP contribution < -0.4 is 0 Å². The van der Waals surface area contributed by atoms with E-state index in [1.165, 1.54) is 28.4 Å². The molecule has 0 aromatic carbocycles. The molecule has 2 atom stereocenters. The van der Waals surface area contributed by atoms with E-state index < -0.39 is 23.4 Å². The minimum atomic E-state index is -1.12. The van der Waals surface area contributed by atoms with Crippen molar-refractivity contribution in [2.45, 2.75) is 16.4 Å². The molecule has 3 rings (SSSR count). The number of aromatic nitrogens is 1. The van der Waals surface area contributed by atoms with E-state index in [-0.39, 0.29) is 5.70 Å². The van der Waals surface area contributed by atoms with Crippen molar-refractivity contribution < 1.29 is 19.8 Å². The van der Waals surface area contributed by atoms with Crippen LogP contribution in [0, 0.1) is 0 Å². The van der Waals surface area contributed by atoms with Crippen molar-refractivity contribution in [3.8, 4) is 0 Å². The molecular formula is C13H12N2O4S2. The third-order valence-electron chi connectivity index (χ3n) is 3.27. The second-order valence-corrected chi connectivity index (χ2v) is 6.74. The Kier molecular flexibility index (Phi) is 3.92. The Morgan fingerprint density at radius 2 is 2.38 bits per heavy atom. The fourth-order valence-electron chi connectivity index (χ4n) is 2.24. The summed E-state index contributed by atoms with van der Waals surface area (Å²) in [6.07, 6.45) is 2.30. The molecule has 0 bridgehead atoms. The minimum Gasteiger partial charge on any atom is -0.477 e. The Hall–Kier alpha value is -1.51. The van der Waals surface area contributed by atoms with Gasteiger partial charge in [-0.3, -0.25) is 14.7 Å². The first-order valence-corrected chi connectivity index (χ1v) is 8.24. The molecule has 0 radical (unpaired) electrons. The number of thioether (sulfide) groups is 2. The molecule has 0 saturated carbocycles. The maximum atomic E-state index is 11.7. The first kappa shape index (κ1) is 14.4. The number of rotatable bonds is 4. The first-order chi connectivity index (χ1) is 10.1. The third-order valence-corrected chi connectivity index (χ3v) is 5.66. The lowest BCUT2D eigenvalue weighted by Gasteiger charge is -2.47. The number of aliphatic hydroxyl groups excluding tert-OH is 1. The highest BCUT2D eigenvalue weighted by molar-refractivity contribution is 8.01. The van der Waals surface area contributed by atoms with Gasteiger partial charge in [-0.05, 0) is 17.7 Å². The molecule has 8 heteroatoms. The fraction of sp³-hybridized carbons (Fsp3) is 0.308. The molecule has 3 heterocycles. The highest BCUT2D eigenvalue weighted by Crippen LogP contribution is 2.41. The van der Waals surface area contributed by atoms with Crippen LogP contribution in [0.1, 0.15) is 0 Å². The maximum absolute atomic E-state index is 11.7. The van der Waals surface area contributed by atoms with Gasteiger partial charge in [-0.1, -0.05) is 0 Å². The van der Waals surface area contributed by atoms with Gasteiger partial charge in [0.1, 0.15) is 11.1 Å². The van der Waals surface area contributed by atoms with Crippen LogP contribution in [0.4, 0.5) is 0 Å². The van der Waals surface area contributed by atoms with Crippen molar-refractivity contribution in [2.24, 2.45) is 0 Å². The smallest absolute Gasteiger partial charge is 0.352 e. The van der Waals surface area contributed by atoms with Crippen molar-refractivity contribution in [2.75, 3.05) is 11.5 Å². The molecule has 1 saturated heterocycles. The molecule has 0 unspecified atom stereocenters. The van der Waals surface area contributed by atoms with Crippen molar-refractivity contribution in [1.82, 2.24) is 9.88 Å². The number of nitrogens with zero attached hydrogens (tertiary/aromatic N) is 2. The van der Waals surface area contributed by atoms with E-state index in [2.05, 4.69) is 4.98 Å². The predicted molar refractivity (Wildman–Crippen MR) is 78.7 cm³/mol. The summed E-state index contributed by atoms with van der Waals surface area (Å²) in [6.45, 7) is 0. The van der Waals surface area contributed by atoms with Gasteiger partial charge in [0.25, 0.3) is 5.91 Å². The number of pyridine rings is 1. The maximum Gasteiger partial charge on any atom is 0.352 e. The minimum absolute atomic E-state index is 0.0189. The summed E-state index contributed by atoms with van der Waals surface area (Å²) < 4.78 is 0. The van der Waals surface area contributed by atoms with Gasteiger partial charge in [0.2, 0.25) is 0 Å². The van der Waals surface area contributed by atoms with Crippen LogP contribution in [0.5, 0.6) is 0 Å². The Morgan fingerprint density at radius 1 is 1.57 bits per heavy atom. The number of carbonyl (C=O) groups excluding carboxylic acids is 1. The van der Waals surface area contributed by atoms with E-state index >= 15 is 0 Å². The standard InChI is InChI=1S/C13H12N2O4S2/c16-10-11(17)15-9(13(18)19)7(6-21-12(10)15)5-20-8-2-1-3-14-4-8/h1-4,10,12,16H,5-6H2,(H,18,19)/t10-,12+/m1/s1. The zero-order chi connectivity index (χ0) is 15.0. The van der Waals surface area contributed by atoms with Gasteiger partial charge in [0, 0.05) is 28.8 Å². The number of carboxylic acids is 1. The summed E-state index contributed by atoms with van der Waals surface area (Å²) in [5.74, 6) is -0.677. The van der Waals surface area contributed by atoms with Crippen LogP contribution in [-0.4, -0.2) is 55.0 Å². The Bertz CT molecular complexity index is 620. The number of β-lactam (4-membered cyclic amide) rings is 1. The Morgan fingerprint density at radius 3 is 3.05 bits per heavy atom. The van der Waals surface area contributed by atoms with E-state index in [0.717, 1.165) is 4.90 Å². The molecule has 2 aliphatic rings. The molecule has 1 amide bonds. The average molecular weight is 324 g/mol. The van der Waals surface area contributed by atoms with Crippen LogP contribution in [0.2, 0.25) is 0 Å². The molecule has 1 aromatic rings. The highest BCUT2D eigenvalue weighted by atomic mass is 32.2. The van der Waals surface area contributed by atoms with Crippen LogP contribution in [-0.2, 0) is 9.59 Å². The number of amides is 1. The summed E-state index contributed by atoms with van der Waals surface area (Å²) >= 11 is 2.87. The number of carbonyl (C=O) groups is 2. The van der Waals surface area contributed by atoms with Gasteiger partial charge in [0.05, 0.1) is 0 Å². The molecule has 0 aliphatic carbocycles. The summed E-state index contributed by atoms with van der Waals surface area (Å²) in [5, 5.41) is 18.5. The number of hydrogen-bond acceptors (Lipinski definition) is 6. The predicted octanol–water partition coefficient (Wildman–Crippen LogP) is 0.788.